The molecule has 0 bridgehead atoms. The first kappa shape index (κ1) is 11.0. The second-order valence-electron chi connectivity index (χ2n) is 3.55. The monoisotopic (exact) mass is 188 g/mol. The van der Waals surface area contributed by atoms with Gasteiger partial charge in [-0.3, -0.25) is 0 Å². The van der Waals surface area contributed by atoms with Gasteiger partial charge in [0.25, 0.3) is 0 Å². The molecular formula is C10H20O3. The summed E-state index contributed by atoms with van der Waals surface area (Å²) < 4.78 is 10.6. The molecule has 1 aliphatic rings. The van der Waals surface area contributed by atoms with Crippen molar-refractivity contribution in [2.45, 2.75) is 44.8 Å². The van der Waals surface area contributed by atoms with Crippen LogP contribution in [0.4, 0.5) is 0 Å². The highest BCUT2D eigenvalue weighted by Crippen LogP contribution is 2.20. The molecule has 1 N–H and O–H groups in total. The van der Waals surface area contributed by atoms with Gasteiger partial charge in [0.2, 0.25) is 0 Å². The number of hydrogen-bond donors (Lipinski definition) is 1. The van der Waals surface area contributed by atoms with E-state index in [0.717, 1.165) is 12.8 Å². The van der Waals surface area contributed by atoms with Crippen LogP contribution >= 0.6 is 0 Å². The molecule has 3 nitrogen and oxygen atoms in total. The molecular weight excluding hydrogens is 168 g/mol. The standard InChI is InChI=1S/C10H20O3/c1-2-12-7-9(11)8-13-10-5-3-4-6-10/h9-11H,2-8H2,1H3. The third-order valence-electron chi connectivity index (χ3n) is 2.34. The van der Waals surface area contributed by atoms with Crippen molar-refractivity contribution in [3.8, 4) is 0 Å². The van der Waals surface area contributed by atoms with Crippen LogP contribution in [0.15, 0.2) is 0 Å². The van der Waals surface area contributed by atoms with Crippen molar-refractivity contribution < 1.29 is 14.6 Å². The number of hydrogen-bond acceptors (Lipinski definition) is 3. The summed E-state index contributed by atoms with van der Waals surface area (Å²) in [6, 6.07) is 0. The normalized spacial score (nSPS) is 20.8. The molecule has 78 valence electrons. The minimum atomic E-state index is -0.458. The molecule has 1 atom stereocenters. The summed E-state index contributed by atoms with van der Waals surface area (Å²) in [7, 11) is 0. The van der Waals surface area contributed by atoms with Crippen LogP contribution in [-0.2, 0) is 9.47 Å². The van der Waals surface area contributed by atoms with E-state index in [-0.39, 0.29) is 0 Å². The maximum absolute atomic E-state index is 9.39. The van der Waals surface area contributed by atoms with Crippen LogP contribution in [-0.4, -0.2) is 37.1 Å². The summed E-state index contributed by atoms with van der Waals surface area (Å²) in [6.45, 7) is 3.39. The van der Waals surface area contributed by atoms with Crippen molar-refractivity contribution >= 4 is 0 Å². The lowest BCUT2D eigenvalue weighted by atomic mass is 10.3. The summed E-state index contributed by atoms with van der Waals surface area (Å²) >= 11 is 0. The van der Waals surface area contributed by atoms with Crippen molar-refractivity contribution in [1.82, 2.24) is 0 Å². The Hall–Kier alpha value is -0.120. The Kier molecular flexibility index (Phi) is 5.35. The Balaban J connectivity index is 1.97. The van der Waals surface area contributed by atoms with E-state index >= 15 is 0 Å². The summed E-state index contributed by atoms with van der Waals surface area (Å²) in [5, 5.41) is 9.39. The highest BCUT2D eigenvalue weighted by molar-refractivity contribution is 4.67. The van der Waals surface area contributed by atoms with E-state index in [0.29, 0.717) is 25.9 Å². The molecule has 1 aliphatic carbocycles. The Morgan fingerprint density at radius 1 is 1.31 bits per heavy atom. The second kappa shape index (κ2) is 6.35. The fraction of sp³-hybridized carbons (Fsp3) is 1.00. The topological polar surface area (TPSA) is 38.7 Å². The third kappa shape index (κ3) is 4.60. The van der Waals surface area contributed by atoms with E-state index in [2.05, 4.69) is 0 Å². The summed E-state index contributed by atoms with van der Waals surface area (Å²) in [4.78, 5) is 0. The van der Waals surface area contributed by atoms with Crippen molar-refractivity contribution in [3.05, 3.63) is 0 Å². The van der Waals surface area contributed by atoms with Gasteiger partial charge in [-0.05, 0) is 19.8 Å². The van der Waals surface area contributed by atoms with Gasteiger partial charge in [0, 0.05) is 6.61 Å². The molecule has 1 saturated carbocycles. The van der Waals surface area contributed by atoms with Crippen LogP contribution in [0.3, 0.4) is 0 Å². The van der Waals surface area contributed by atoms with Crippen molar-refractivity contribution in [3.63, 3.8) is 0 Å². The molecule has 0 aromatic heterocycles. The maximum atomic E-state index is 9.39. The van der Waals surface area contributed by atoms with E-state index in [1.807, 2.05) is 6.92 Å². The van der Waals surface area contributed by atoms with E-state index in [9.17, 15) is 5.11 Å². The Bertz CT molecular complexity index is 121. The van der Waals surface area contributed by atoms with Crippen LogP contribution in [0.5, 0.6) is 0 Å². The zero-order chi connectivity index (χ0) is 9.52. The van der Waals surface area contributed by atoms with Crippen LogP contribution < -0.4 is 0 Å². The van der Waals surface area contributed by atoms with E-state index in [1.165, 1.54) is 12.8 Å². The molecule has 3 heteroatoms. The quantitative estimate of drug-likeness (QED) is 0.683. The largest absolute Gasteiger partial charge is 0.388 e. The van der Waals surface area contributed by atoms with Gasteiger partial charge in [-0.2, -0.15) is 0 Å². The number of rotatable bonds is 6. The molecule has 1 fully saturated rings. The van der Waals surface area contributed by atoms with Crippen LogP contribution in [0, 0.1) is 0 Å². The lowest BCUT2D eigenvalue weighted by Gasteiger charge is -2.15. The molecule has 1 unspecified atom stereocenters. The number of ether oxygens (including phenoxy) is 2. The zero-order valence-electron chi connectivity index (χ0n) is 8.37. The first-order chi connectivity index (χ1) is 6.33. The van der Waals surface area contributed by atoms with E-state index < -0.39 is 6.10 Å². The molecule has 0 saturated heterocycles. The van der Waals surface area contributed by atoms with Gasteiger partial charge in [0.1, 0.15) is 6.10 Å². The van der Waals surface area contributed by atoms with Crippen molar-refractivity contribution in [2.75, 3.05) is 19.8 Å². The maximum Gasteiger partial charge on any atom is 0.101 e. The lowest BCUT2D eigenvalue weighted by molar-refractivity contribution is -0.0405. The molecule has 1 rings (SSSR count). The zero-order valence-corrected chi connectivity index (χ0v) is 8.37. The van der Waals surface area contributed by atoms with Crippen LogP contribution in [0.25, 0.3) is 0 Å². The molecule has 0 amide bonds. The Morgan fingerprint density at radius 3 is 2.62 bits per heavy atom. The highest BCUT2D eigenvalue weighted by Gasteiger charge is 2.16. The number of aliphatic hydroxyl groups excluding tert-OH is 1. The average Bonchev–Trinajstić information content (AvgIpc) is 2.64. The van der Waals surface area contributed by atoms with Crippen molar-refractivity contribution in [1.29, 1.82) is 0 Å². The first-order valence-corrected chi connectivity index (χ1v) is 5.20. The molecule has 13 heavy (non-hydrogen) atoms. The second-order valence-corrected chi connectivity index (χ2v) is 3.55. The molecule has 0 spiro atoms. The molecule has 0 aliphatic heterocycles. The van der Waals surface area contributed by atoms with Gasteiger partial charge in [-0.15, -0.1) is 0 Å². The Morgan fingerprint density at radius 2 is 2.00 bits per heavy atom. The first-order valence-electron chi connectivity index (χ1n) is 5.20. The van der Waals surface area contributed by atoms with Crippen LogP contribution in [0.2, 0.25) is 0 Å². The predicted molar refractivity (Wildman–Crippen MR) is 50.7 cm³/mol. The minimum Gasteiger partial charge on any atom is -0.388 e. The summed E-state index contributed by atoms with van der Waals surface area (Å²) in [5.74, 6) is 0. The van der Waals surface area contributed by atoms with E-state index in [1.54, 1.807) is 0 Å². The van der Waals surface area contributed by atoms with E-state index in [4.69, 9.17) is 9.47 Å². The molecule has 0 heterocycles. The molecule has 0 aromatic rings. The minimum absolute atomic E-state index is 0.385. The van der Waals surface area contributed by atoms with Gasteiger partial charge in [-0.1, -0.05) is 12.8 Å². The summed E-state index contributed by atoms with van der Waals surface area (Å²) in [5.41, 5.74) is 0. The average molecular weight is 188 g/mol. The SMILES string of the molecule is CCOCC(O)COC1CCCC1. The number of aliphatic hydroxyl groups is 1. The predicted octanol–water partition coefficient (Wildman–Crippen LogP) is 1.34. The van der Waals surface area contributed by atoms with Gasteiger partial charge in [0.05, 0.1) is 19.3 Å². The van der Waals surface area contributed by atoms with Gasteiger partial charge >= 0.3 is 0 Å². The fourth-order valence-corrected chi connectivity index (χ4v) is 1.60. The lowest BCUT2D eigenvalue weighted by Crippen LogP contribution is -2.24. The fourth-order valence-electron chi connectivity index (χ4n) is 1.60. The van der Waals surface area contributed by atoms with Gasteiger partial charge in [0.15, 0.2) is 0 Å². The Labute approximate surface area is 80.0 Å². The van der Waals surface area contributed by atoms with Gasteiger partial charge < -0.3 is 14.6 Å². The highest BCUT2D eigenvalue weighted by atomic mass is 16.5. The van der Waals surface area contributed by atoms with Gasteiger partial charge in [-0.25, -0.2) is 0 Å². The summed E-state index contributed by atoms with van der Waals surface area (Å²) in [6.07, 6.45) is 4.78. The third-order valence-corrected chi connectivity index (χ3v) is 2.34. The molecule has 0 aromatic carbocycles. The van der Waals surface area contributed by atoms with Crippen LogP contribution in [0.1, 0.15) is 32.6 Å². The van der Waals surface area contributed by atoms with Crippen molar-refractivity contribution in [2.24, 2.45) is 0 Å². The smallest absolute Gasteiger partial charge is 0.101 e. The molecule has 0 radical (unpaired) electrons.